The number of ether oxygens (including phenoxy) is 1. The molecule has 1 aromatic heterocycles. The van der Waals surface area contributed by atoms with E-state index in [0.717, 1.165) is 29.2 Å². The Labute approximate surface area is 124 Å². The third-order valence-corrected chi connectivity index (χ3v) is 3.51. The summed E-state index contributed by atoms with van der Waals surface area (Å²) in [6.45, 7) is 6.63. The number of rotatable bonds is 5. The lowest BCUT2D eigenvalue weighted by atomic mass is 10.1. The molecule has 2 rings (SSSR count). The third kappa shape index (κ3) is 3.13. The molecule has 0 spiro atoms. The van der Waals surface area contributed by atoms with Gasteiger partial charge < -0.3 is 10.1 Å². The minimum Gasteiger partial charge on any atom is -0.367 e. The number of carbonyl (C=O) groups excluding carboxylic acids is 1. The Kier molecular flexibility index (Phi) is 4.75. The summed E-state index contributed by atoms with van der Waals surface area (Å²) < 4.78 is 7.21. The smallest absolute Gasteiger partial charge is 0.258 e. The molecule has 0 unspecified atom stereocenters. The fourth-order valence-electron chi connectivity index (χ4n) is 2.40. The van der Waals surface area contributed by atoms with Crippen LogP contribution >= 0.6 is 0 Å². The van der Waals surface area contributed by atoms with Gasteiger partial charge in [0.25, 0.3) is 5.91 Å². The van der Waals surface area contributed by atoms with Gasteiger partial charge in [-0.2, -0.15) is 5.10 Å². The molecule has 5 nitrogen and oxygen atoms in total. The molecule has 0 aliphatic rings. The number of nitrogens with one attached hydrogen (secondary N) is 1. The Hall–Kier alpha value is -2.14. The highest BCUT2D eigenvalue weighted by Crippen LogP contribution is 2.23. The van der Waals surface area contributed by atoms with Gasteiger partial charge in [-0.15, -0.1) is 0 Å². The molecule has 1 atom stereocenters. The Morgan fingerprint density at radius 1 is 1.33 bits per heavy atom. The fraction of sp³-hybridized carbons (Fsp3) is 0.375. The van der Waals surface area contributed by atoms with Crippen molar-refractivity contribution in [2.75, 3.05) is 12.4 Å². The standard InChI is InChI=1S/C16H21N3O2/c1-5-19-12(3)14(11(2)18-19)17-16(20)15(21-4)13-9-7-6-8-10-13/h6-10,15H,5H2,1-4H3,(H,17,20)/t15-/m1/s1. The van der Waals surface area contributed by atoms with Gasteiger partial charge in [0, 0.05) is 13.7 Å². The van der Waals surface area contributed by atoms with E-state index in [-0.39, 0.29) is 5.91 Å². The largest absolute Gasteiger partial charge is 0.367 e. The molecule has 1 amide bonds. The molecule has 0 fully saturated rings. The zero-order chi connectivity index (χ0) is 15.4. The Morgan fingerprint density at radius 3 is 2.52 bits per heavy atom. The fourth-order valence-corrected chi connectivity index (χ4v) is 2.40. The molecule has 0 aliphatic carbocycles. The van der Waals surface area contributed by atoms with Gasteiger partial charge >= 0.3 is 0 Å². The third-order valence-electron chi connectivity index (χ3n) is 3.51. The highest BCUT2D eigenvalue weighted by atomic mass is 16.5. The number of amides is 1. The van der Waals surface area contributed by atoms with Crippen LogP contribution in [0.4, 0.5) is 5.69 Å². The molecule has 1 N–H and O–H groups in total. The molecule has 112 valence electrons. The number of nitrogens with zero attached hydrogens (tertiary/aromatic N) is 2. The SMILES string of the molecule is CCn1nc(C)c(NC(=O)[C@H](OC)c2ccccc2)c1C. The van der Waals surface area contributed by atoms with Gasteiger partial charge in [0.05, 0.1) is 17.1 Å². The molecule has 0 saturated carbocycles. The van der Waals surface area contributed by atoms with Crippen molar-refractivity contribution < 1.29 is 9.53 Å². The van der Waals surface area contributed by atoms with Crippen molar-refractivity contribution in [3.05, 3.63) is 47.3 Å². The number of benzene rings is 1. The van der Waals surface area contributed by atoms with Crippen molar-refractivity contribution in [2.24, 2.45) is 0 Å². The van der Waals surface area contributed by atoms with Crippen LogP contribution in [0.5, 0.6) is 0 Å². The summed E-state index contributed by atoms with van der Waals surface area (Å²) >= 11 is 0. The molecule has 5 heteroatoms. The van der Waals surface area contributed by atoms with Crippen LogP contribution in [0.15, 0.2) is 30.3 Å². The second kappa shape index (κ2) is 6.54. The van der Waals surface area contributed by atoms with E-state index >= 15 is 0 Å². The Morgan fingerprint density at radius 2 is 2.00 bits per heavy atom. The molecule has 1 aromatic carbocycles. The van der Waals surface area contributed by atoms with Crippen molar-refractivity contribution in [2.45, 2.75) is 33.4 Å². The molecular formula is C16H21N3O2. The van der Waals surface area contributed by atoms with Crippen molar-refractivity contribution >= 4 is 11.6 Å². The number of aryl methyl sites for hydroxylation is 2. The van der Waals surface area contributed by atoms with Crippen LogP contribution < -0.4 is 5.32 Å². The minimum atomic E-state index is -0.630. The van der Waals surface area contributed by atoms with E-state index < -0.39 is 6.10 Å². The summed E-state index contributed by atoms with van der Waals surface area (Å²) in [7, 11) is 1.53. The summed E-state index contributed by atoms with van der Waals surface area (Å²) in [6.07, 6.45) is -0.630. The Bertz CT molecular complexity index is 620. The van der Waals surface area contributed by atoms with E-state index in [9.17, 15) is 4.79 Å². The van der Waals surface area contributed by atoms with Crippen LogP contribution in [0.25, 0.3) is 0 Å². The van der Waals surface area contributed by atoms with Gasteiger partial charge in [-0.05, 0) is 26.3 Å². The second-order valence-corrected chi connectivity index (χ2v) is 4.88. The molecule has 1 heterocycles. The monoisotopic (exact) mass is 287 g/mol. The summed E-state index contributed by atoms with van der Waals surface area (Å²) in [6, 6.07) is 9.44. The highest BCUT2D eigenvalue weighted by Gasteiger charge is 2.22. The topological polar surface area (TPSA) is 56.2 Å². The number of carbonyl (C=O) groups is 1. The predicted octanol–water partition coefficient (Wildman–Crippen LogP) is 2.85. The van der Waals surface area contributed by atoms with Gasteiger partial charge in [-0.3, -0.25) is 9.48 Å². The lowest BCUT2D eigenvalue weighted by Gasteiger charge is -2.15. The quantitative estimate of drug-likeness (QED) is 0.920. The first-order valence-corrected chi connectivity index (χ1v) is 7.01. The number of aromatic nitrogens is 2. The maximum absolute atomic E-state index is 12.5. The summed E-state index contributed by atoms with van der Waals surface area (Å²) in [4.78, 5) is 12.5. The zero-order valence-corrected chi connectivity index (χ0v) is 12.9. The molecule has 0 saturated heterocycles. The first kappa shape index (κ1) is 15.3. The maximum atomic E-state index is 12.5. The van der Waals surface area contributed by atoms with Crippen LogP contribution in [-0.4, -0.2) is 22.8 Å². The summed E-state index contributed by atoms with van der Waals surface area (Å²) in [5.74, 6) is -0.189. The van der Waals surface area contributed by atoms with E-state index in [2.05, 4.69) is 10.4 Å². The van der Waals surface area contributed by atoms with Gasteiger partial charge in [-0.1, -0.05) is 30.3 Å². The highest BCUT2D eigenvalue weighted by molar-refractivity contribution is 5.95. The van der Waals surface area contributed by atoms with Crippen LogP contribution in [0.3, 0.4) is 0 Å². The lowest BCUT2D eigenvalue weighted by Crippen LogP contribution is -2.23. The van der Waals surface area contributed by atoms with Gasteiger partial charge in [0.1, 0.15) is 0 Å². The van der Waals surface area contributed by atoms with Crippen molar-refractivity contribution in [3.63, 3.8) is 0 Å². The molecule has 0 radical (unpaired) electrons. The first-order chi connectivity index (χ1) is 10.1. The van der Waals surface area contributed by atoms with E-state index in [4.69, 9.17) is 4.74 Å². The second-order valence-electron chi connectivity index (χ2n) is 4.88. The van der Waals surface area contributed by atoms with E-state index in [1.54, 1.807) is 0 Å². The number of hydrogen-bond acceptors (Lipinski definition) is 3. The van der Waals surface area contributed by atoms with Crippen LogP contribution in [0.1, 0.15) is 30.0 Å². The van der Waals surface area contributed by atoms with Crippen molar-refractivity contribution in [3.8, 4) is 0 Å². The average Bonchev–Trinajstić information content (AvgIpc) is 2.76. The van der Waals surface area contributed by atoms with Crippen molar-refractivity contribution in [1.82, 2.24) is 9.78 Å². The van der Waals surface area contributed by atoms with Crippen LogP contribution in [0.2, 0.25) is 0 Å². The first-order valence-electron chi connectivity index (χ1n) is 7.01. The molecule has 2 aromatic rings. The van der Waals surface area contributed by atoms with Crippen LogP contribution in [0, 0.1) is 13.8 Å². The van der Waals surface area contributed by atoms with Gasteiger partial charge in [0.2, 0.25) is 0 Å². The van der Waals surface area contributed by atoms with Gasteiger partial charge in [0.15, 0.2) is 6.10 Å². The molecule has 0 bridgehead atoms. The number of anilines is 1. The lowest BCUT2D eigenvalue weighted by molar-refractivity contribution is -0.126. The Balaban J connectivity index is 2.23. The normalized spacial score (nSPS) is 12.2. The minimum absolute atomic E-state index is 0.189. The molecule has 0 aliphatic heterocycles. The average molecular weight is 287 g/mol. The number of methoxy groups -OCH3 is 1. The molecular weight excluding hydrogens is 266 g/mol. The molecule has 21 heavy (non-hydrogen) atoms. The van der Waals surface area contributed by atoms with Crippen molar-refractivity contribution in [1.29, 1.82) is 0 Å². The maximum Gasteiger partial charge on any atom is 0.258 e. The summed E-state index contributed by atoms with van der Waals surface area (Å²) in [5.41, 5.74) is 3.35. The van der Waals surface area contributed by atoms with Crippen LogP contribution in [-0.2, 0) is 16.1 Å². The zero-order valence-electron chi connectivity index (χ0n) is 12.9. The summed E-state index contributed by atoms with van der Waals surface area (Å²) in [5, 5.41) is 7.34. The van der Waals surface area contributed by atoms with E-state index in [0.29, 0.717) is 0 Å². The van der Waals surface area contributed by atoms with E-state index in [1.165, 1.54) is 7.11 Å². The number of hydrogen-bond donors (Lipinski definition) is 1. The predicted molar refractivity (Wildman–Crippen MR) is 82.2 cm³/mol. The van der Waals surface area contributed by atoms with Gasteiger partial charge in [-0.25, -0.2) is 0 Å². The van der Waals surface area contributed by atoms with E-state index in [1.807, 2.05) is 55.8 Å².